The maximum Gasteiger partial charge on any atom is 0.345 e. The van der Waals surface area contributed by atoms with Gasteiger partial charge in [0.1, 0.15) is 10.6 Å². The van der Waals surface area contributed by atoms with Gasteiger partial charge in [-0.2, -0.15) is 0 Å². The summed E-state index contributed by atoms with van der Waals surface area (Å²) in [5, 5.41) is 9.10. The van der Waals surface area contributed by atoms with Gasteiger partial charge in [-0.3, -0.25) is 0 Å². The Kier molecular flexibility index (Phi) is 3.11. The number of fused-ring (bicyclic) bond motifs is 3. The van der Waals surface area contributed by atoms with E-state index in [4.69, 9.17) is 9.84 Å². The summed E-state index contributed by atoms with van der Waals surface area (Å²) in [5.74, 6) is -0.0364. The van der Waals surface area contributed by atoms with Crippen molar-refractivity contribution in [2.45, 2.75) is 12.8 Å². The zero-order valence-corrected chi connectivity index (χ0v) is 12.6. The molecule has 0 spiro atoms. The second kappa shape index (κ2) is 4.65. The lowest BCUT2D eigenvalue weighted by Gasteiger charge is -2.19. The molecule has 0 unspecified atom stereocenters. The van der Waals surface area contributed by atoms with Gasteiger partial charge >= 0.3 is 5.97 Å². The molecule has 0 fully saturated rings. The predicted molar refractivity (Wildman–Crippen MR) is 78.4 cm³/mol. The van der Waals surface area contributed by atoms with Crippen LogP contribution in [0, 0.1) is 0 Å². The van der Waals surface area contributed by atoms with Crippen LogP contribution in [-0.2, 0) is 12.8 Å². The average molecular weight is 339 g/mol. The van der Waals surface area contributed by atoms with Crippen LogP contribution in [0.1, 0.15) is 20.8 Å². The molecule has 1 aliphatic rings. The molecule has 2 aromatic rings. The third-order valence-corrected chi connectivity index (χ3v) is 5.40. The van der Waals surface area contributed by atoms with Crippen molar-refractivity contribution in [3.63, 3.8) is 0 Å². The summed E-state index contributed by atoms with van der Waals surface area (Å²) in [6.07, 6.45) is 1.77. The quantitative estimate of drug-likeness (QED) is 0.900. The molecular weight excluding hydrogens is 328 g/mol. The Hall–Kier alpha value is -1.33. The predicted octanol–water partition coefficient (Wildman–Crippen LogP) is 3.98. The van der Waals surface area contributed by atoms with Crippen molar-refractivity contribution in [2.24, 2.45) is 0 Å². The Morgan fingerprint density at radius 3 is 2.89 bits per heavy atom. The molecule has 1 heterocycles. The van der Waals surface area contributed by atoms with Gasteiger partial charge in [0.15, 0.2) is 0 Å². The number of benzene rings is 1. The van der Waals surface area contributed by atoms with E-state index >= 15 is 0 Å². The lowest BCUT2D eigenvalue weighted by molar-refractivity contribution is 0.0702. The third-order valence-electron chi connectivity index (χ3n) is 3.34. The van der Waals surface area contributed by atoms with E-state index in [9.17, 15) is 4.79 Å². The van der Waals surface area contributed by atoms with Gasteiger partial charge in [0.2, 0.25) is 0 Å². The van der Waals surface area contributed by atoms with Crippen molar-refractivity contribution in [3.8, 4) is 16.2 Å². The van der Waals surface area contributed by atoms with Gasteiger partial charge in [0.05, 0.1) is 11.6 Å². The molecule has 0 saturated heterocycles. The fraction of sp³-hybridized carbons (Fsp3) is 0.214. The second-order valence-electron chi connectivity index (χ2n) is 4.38. The Labute approximate surface area is 123 Å². The number of thiophene rings is 1. The van der Waals surface area contributed by atoms with Crippen molar-refractivity contribution in [1.82, 2.24) is 0 Å². The topological polar surface area (TPSA) is 46.5 Å². The van der Waals surface area contributed by atoms with E-state index in [0.717, 1.165) is 39.1 Å². The van der Waals surface area contributed by atoms with Gasteiger partial charge < -0.3 is 9.84 Å². The summed E-state index contributed by atoms with van der Waals surface area (Å²) in [6, 6.07) is 5.72. The van der Waals surface area contributed by atoms with Crippen LogP contribution < -0.4 is 4.74 Å². The van der Waals surface area contributed by atoms with Crippen LogP contribution in [0.2, 0.25) is 0 Å². The zero-order valence-electron chi connectivity index (χ0n) is 10.2. The molecule has 0 atom stereocenters. The minimum Gasteiger partial charge on any atom is -0.496 e. The number of aryl methyl sites for hydroxylation is 1. The third kappa shape index (κ3) is 1.97. The highest BCUT2D eigenvalue weighted by Crippen LogP contribution is 2.44. The number of hydrogen-bond donors (Lipinski definition) is 1. The number of aromatic carboxylic acids is 1. The first kappa shape index (κ1) is 12.7. The van der Waals surface area contributed by atoms with E-state index in [1.807, 2.05) is 12.1 Å². The molecule has 0 aliphatic heterocycles. The van der Waals surface area contributed by atoms with Crippen molar-refractivity contribution in [1.29, 1.82) is 0 Å². The van der Waals surface area contributed by atoms with Crippen molar-refractivity contribution >= 4 is 33.2 Å². The van der Waals surface area contributed by atoms with E-state index in [1.165, 1.54) is 16.9 Å². The summed E-state index contributed by atoms with van der Waals surface area (Å²) in [5.41, 5.74) is 3.45. The number of hydrogen-bond acceptors (Lipinski definition) is 3. The monoisotopic (exact) mass is 338 g/mol. The number of ether oxygens (including phenoxy) is 1. The minimum atomic E-state index is -0.853. The molecule has 0 bridgehead atoms. The van der Waals surface area contributed by atoms with E-state index in [-0.39, 0.29) is 0 Å². The minimum absolute atomic E-state index is 0.407. The SMILES string of the molecule is COc1ccc2c(c1Br)CCc1cc(C(=O)O)sc1-2. The van der Waals surface area contributed by atoms with Crippen molar-refractivity contribution in [2.75, 3.05) is 7.11 Å². The normalized spacial score (nSPS) is 12.7. The summed E-state index contributed by atoms with van der Waals surface area (Å²) in [7, 11) is 1.65. The molecule has 19 heavy (non-hydrogen) atoms. The fourth-order valence-electron chi connectivity index (χ4n) is 2.42. The molecule has 0 radical (unpaired) electrons. The molecule has 0 saturated carbocycles. The summed E-state index contributed by atoms with van der Waals surface area (Å²) >= 11 is 4.93. The van der Waals surface area contributed by atoms with Crippen molar-refractivity contribution < 1.29 is 14.6 Å². The zero-order chi connectivity index (χ0) is 13.6. The average Bonchev–Trinajstić information content (AvgIpc) is 2.83. The summed E-state index contributed by atoms with van der Waals surface area (Å²) in [6.45, 7) is 0. The molecule has 3 nitrogen and oxygen atoms in total. The lowest BCUT2D eigenvalue weighted by atomic mass is 9.91. The van der Waals surface area contributed by atoms with Crippen LogP contribution >= 0.6 is 27.3 Å². The van der Waals surface area contributed by atoms with Crippen LogP contribution in [0.15, 0.2) is 22.7 Å². The van der Waals surface area contributed by atoms with Crippen LogP contribution in [0.3, 0.4) is 0 Å². The highest BCUT2D eigenvalue weighted by molar-refractivity contribution is 9.10. The second-order valence-corrected chi connectivity index (χ2v) is 6.22. The Morgan fingerprint density at radius 1 is 1.42 bits per heavy atom. The van der Waals surface area contributed by atoms with E-state index in [2.05, 4.69) is 15.9 Å². The lowest BCUT2D eigenvalue weighted by Crippen LogP contribution is -2.03. The summed E-state index contributed by atoms with van der Waals surface area (Å²) < 4.78 is 6.28. The highest BCUT2D eigenvalue weighted by atomic mass is 79.9. The molecule has 1 N–H and O–H groups in total. The number of carbonyl (C=O) groups is 1. The maximum atomic E-state index is 11.1. The molecule has 0 amide bonds. The molecular formula is C14H11BrO3S. The first-order valence-electron chi connectivity index (χ1n) is 5.83. The van der Waals surface area contributed by atoms with Gasteiger partial charge in [-0.25, -0.2) is 4.79 Å². The molecule has 5 heteroatoms. The molecule has 98 valence electrons. The first-order valence-corrected chi connectivity index (χ1v) is 7.44. The maximum absolute atomic E-state index is 11.1. The molecule has 3 rings (SSSR count). The van der Waals surface area contributed by atoms with Gasteiger partial charge in [0, 0.05) is 4.88 Å². The first-order chi connectivity index (χ1) is 9.11. The van der Waals surface area contributed by atoms with Gasteiger partial charge in [-0.05, 0) is 63.7 Å². The fourth-order valence-corrected chi connectivity index (χ4v) is 4.23. The highest BCUT2D eigenvalue weighted by Gasteiger charge is 2.24. The van der Waals surface area contributed by atoms with Gasteiger partial charge in [-0.15, -0.1) is 11.3 Å². The Morgan fingerprint density at radius 2 is 2.21 bits per heavy atom. The van der Waals surface area contributed by atoms with Crippen LogP contribution in [0.5, 0.6) is 5.75 Å². The van der Waals surface area contributed by atoms with Crippen LogP contribution in [0.25, 0.3) is 10.4 Å². The van der Waals surface area contributed by atoms with E-state index < -0.39 is 5.97 Å². The molecule has 1 aromatic heterocycles. The number of rotatable bonds is 2. The van der Waals surface area contributed by atoms with Gasteiger partial charge in [0.25, 0.3) is 0 Å². The molecule has 1 aliphatic carbocycles. The van der Waals surface area contributed by atoms with Crippen LogP contribution in [-0.4, -0.2) is 18.2 Å². The van der Waals surface area contributed by atoms with Gasteiger partial charge in [-0.1, -0.05) is 0 Å². The van der Waals surface area contributed by atoms with E-state index in [1.54, 1.807) is 13.2 Å². The number of halogens is 1. The number of methoxy groups -OCH3 is 1. The smallest absolute Gasteiger partial charge is 0.345 e. The number of carboxylic acids is 1. The number of carboxylic acid groups (broad SMARTS) is 1. The molecule has 1 aromatic carbocycles. The summed E-state index contributed by atoms with van der Waals surface area (Å²) in [4.78, 5) is 12.6. The van der Waals surface area contributed by atoms with Crippen molar-refractivity contribution in [3.05, 3.63) is 38.7 Å². The van der Waals surface area contributed by atoms with Crippen LogP contribution in [0.4, 0.5) is 0 Å². The van der Waals surface area contributed by atoms with E-state index in [0.29, 0.717) is 4.88 Å². The largest absolute Gasteiger partial charge is 0.496 e. The Balaban J connectivity index is 2.19. The standard InChI is InChI=1S/C14H11BrO3S/c1-18-10-5-4-9-8(12(10)15)3-2-7-6-11(14(16)17)19-13(7)9/h4-6H,2-3H2,1H3,(H,16,17). The Bertz CT molecular complexity index is 676.